The van der Waals surface area contributed by atoms with Gasteiger partial charge in [-0.3, -0.25) is 0 Å². The summed E-state index contributed by atoms with van der Waals surface area (Å²) < 4.78 is 0. The summed E-state index contributed by atoms with van der Waals surface area (Å²) in [5.41, 5.74) is 2.29. The monoisotopic (exact) mass is 262 g/mol. The highest BCUT2D eigenvalue weighted by Gasteiger charge is 2.41. The first kappa shape index (κ1) is 14.9. The lowest BCUT2D eigenvalue weighted by Crippen LogP contribution is -2.39. The van der Waals surface area contributed by atoms with Crippen molar-refractivity contribution in [2.24, 2.45) is 5.41 Å². The van der Waals surface area contributed by atoms with Gasteiger partial charge in [-0.05, 0) is 0 Å². The maximum absolute atomic E-state index is 11.0. The van der Waals surface area contributed by atoms with Gasteiger partial charge in [0.05, 0.1) is 0 Å². The van der Waals surface area contributed by atoms with Crippen LogP contribution in [0.2, 0.25) is 19.6 Å². The summed E-state index contributed by atoms with van der Waals surface area (Å²) >= 11 is 0. The van der Waals surface area contributed by atoms with E-state index in [2.05, 4.69) is 41.1 Å². The minimum Gasteiger partial charge on any atom is -0.373 e. The van der Waals surface area contributed by atoms with E-state index in [1.165, 1.54) is 6.33 Å². The minimum absolute atomic E-state index is 0.398. The highest BCUT2D eigenvalue weighted by atomic mass is 28.3. The number of aliphatic hydroxyl groups is 1. The van der Waals surface area contributed by atoms with Crippen LogP contribution >= 0.6 is 0 Å². The van der Waals surface area contributed by atoms with Crippen molar-refractivity contribution in [3.05, 3.63) is 24.3 Å². The second-order valence-corrected chi connectivity index (χ2v) is 11.3. The number of aromatic nitrogens is 2. The first-order valence-electron chi connectivity index (χ1n) is 6.08. The van der Waals surface area contributed by atoms with Gasteiger partial charge < -0.3 is 5.11 Å². The Kier molecular flexibility index (Phi) is 3.99. The van der Waals surface area contributed by atoms with Gasteiger partial charge in [-0.25, -0.2) is 9.97 Å². The zero-order valence-corrected chi connectivity index (χ0v) is 13.1. The van der Waals surface area contributed by atoms with Crippen LogP contribution in [0.15, 0.2) is 18.7 Å². The Morgan fingerprint density at radius 3 is 2.00 bits per heavy atom. The summed E-state index contributed by atoms with van der Waals surface area (Å²) in [5, 5.41) is 11.0. The molecule has 0 saturated heterocycles. The second-order valence-electron chi connectivity index (χ2n) is 6.59. The molecule has 1 aromatic rings. The van der Waals surface area contributed by atoms with E-state index in [1.54, 1.807) is 12.4 Å². The molecule has 0 bridgehead atoms. The van der Waals surface area contributed by atoms with Crippen molar-refractivity contribution >= 4 is 8.07 Å². The molecule has 1 heterocycles. The van der Waals surface area contributed by atoms with Crippen LogP contribution in [-0.4, -0.2) is 23.1 Å². The van der Waals surface area contributed by atoms with Crippen molar-refractivity contribution in [1.29, 1.82) is 0 Å². The van der Waals surface area contributed by atoms with Gasteiger partial charge in [-0.1, -0.05) is 46.3 Å². The number of hydrogen-bond acceptors (Lipinski definition) is 3. The van der Waals surface area contributed by atoms with E-state index in [-0.39, 0.29) is 0 Å². The SMILES string of the molecule is CC(C)(C)C(O)(C#C[Si](C)(C)C)c1cncnc1. The molecule has 0 fully saturated rings. The Morgan fingerprint density at radius 2 is 1.61 bits per heavy atom. The van der Waals surface area contributed by atoms with Gasteiger partial charge >= 0.3 is 0 Å². The van der Waals surface area contributed by atoms with Crippen molar-refractivity contribution in [3.8, 4) is 11.5 Å². The van der Waals surface area contributed by atoms with Gasteiger partial charge in [0.25, 0.3) is 0 Å². The van der Waals surface area contributed by atoms with Crippen LogP contribution in [0.25, 0.3) is 0 Å². The highest BCUT2D eigenvalue weighted by molar-refractivity contribution is 6.83. The molecule has 0 aliphatic heterocycles. The van der Waals surface area contributed by atoms with Crippen molar-refractivity contribution < 1.29 is 5.11 Å². The molecule has 0 spiro atoms. The third kappa shape index (κ3) is 3.41. The van der Waals surface area contributed by atoms with Gasteiger partial charge in [0.15, 0.2) is 5.60 Å². The summed E-state index contributed by atoms with van der Waals surface area (Å²) in [6.07, 6.45) is 4.73. The van der Waals surface area contributed by atoms with E-state index >= 15 is 0 Å². The lowest BCUT2D eigenvalue weighted by atomic mass is 9.73. The molecule has 0 aliphatic carbocycles. The quantitative estimate of drug-likeness (QED) is 0.625. The van der Waals surface area contributed by atoms with Gasteiger partial charge in [0, 0.05) is 23.4 Å². The van der Waals surface area contributed by atoms with Crippen molar-refractivity contribution in [2.75, 3.05) is 0 Å². The van der Waals surface area contributed by atoms with Gasteiger partial charge in [-0.15, -0.1) is 5.54 Å². The third-order valence-corrected chi connectivity index (χ3v) is 3.56. The van der Waals surface area contributed by atoms with E-state index in [1.807, 2.05) is 20.8 Å². The van der Waals surface area contributed by atoms with Crippen LogP contribution in [0, 0.1) is 16.9 Å². The molecule has 0 saturated carbocycles. The molecule has 0 radical (unpaired) electrons. The Balaban J connectivity index is 3.33. The molecule has 4 heteroatoms. The number of nitrogens with zero attached hydrogens (tertiary/aromatic N) is 2. The second kappa shape index (κ2) is 4.83. The van der Waals surface area contributed by atoms with Crippen LogP contribution in [0.5, 0.6) is 0 Å². The number of rotatable bonds is 1. The Bertz CT molecular complexity index is 463. The highest BCUT2D eigenvalue weighted by Crippen LogP contribution is 2.38. The third-order valence-electron chi connectivity index (χ3n) is 2.68. The van der Waals surface area contributed by atoms with Crippen molar-refractivity contribution in [2.45, 2.75) is 46.0 Å². The molecule has 3 nitrogen and oxygen atoms in total. The van der Waals surface area contributed by atoms with Crippen molar-refractivity contribution in [1.82, 2.24) is 9.97 Å². The summed E-state index contributed by atoms with van der Waals surface area (Å²) in [4.78, 5) is 7.96. The molecule has 1 rings (SSSR count). The van der Waals surface area contributed by atoms with E-state index in [4.69, 9.17) is 0 Å². The molecule has 1 atom stereocenters. The summed E-state index contributed by atoms with van der Waals surface area (Å²) in [5.74, 6) is 3.08. The number of hydrogen-bond donors (Lipinski definition) is 1. The lowest BCUT2D eigenvalue weighted by Gasteiger charge is -2.36. The Morgan fingerprint density at radius 1 is 1.11 bits per heavy atom. The van der Waals surface area contributed by atoms with Crippen LogP contribution in [0.1, 0.15) is 26.3 Å². The van der Waals surface area contributed by atoms with Gasteiger partial charge in [-0.2, -0.15) is 0 Å². The summed E-state index contributed by atoms with van der Waals surface area (Å²) in [7, 11) is -1.54. The van der Waals surface area contributed by atoms with E-state index in [0.29, 0.717) is 5.56 Å². The maximum Gasteiger partial charge on any atom is 0.158 e. The van der Waals surface area contributed by atoms with Crippen LogP contribution in [0.4, 0.5) is 0 Å². The Hall–Kier alpha value is -1.18. The standard InChI is InChI=1S/C14H22N2OSi/c1-13(2,3)14(17,7-8-18(4,5)6)12-9-15-11-16-10-12/h9-11,17H,1-6H3. The first-order chi connectivity index (χ1) is 8.06. The molecule has 18 heavy (non-hydrogen) atoms. The predicted molar refractivity (Wildman–Crippen MR) is 76.5 cm³/mol. The zero-order valence-electron chi connectivity index (χ0n) is 12.1. The molecule has 98 valence electrons. The minimum atomic E-state index is -1.54. The molecule has 1 N–H and O–H groups in total. The largest absolute Gasteiger partial charge is 0.373 e. The fourth-order valence-corrected chi connectivity index (χ4v) is 2.01. The molecule has 0 aromatic carbocycles. The summed E-state index contributed by atoms with van der Waals surface area (Å²) in [6.45, 7) is 12.4. The van der Waals surface area contributed by atoms with Crippen LogP contribution < -0.4 is 0 Å². The molecule has 1 unspecified atom stereocenters. The molecule has 0 amide bonds. The molecular weight excluding hydrogens is 240 g/mol. The maximum atomic E-state index is 11.0. The fraction of sp³-hybridized carbons (Fsp3) is 0.571. The van der Waals surface area contributed by atoms with Gasteiger partial charge in [0.1, 0.15) is 14.4 Å². The zero-order chi connectivity index (χ0) is 14.0. The Labute approximate surface area is 111 Å². The smallest absolute Gasteiger partial charge is 0.158 e. The van der Waals surface area contributed by atoms with Crippen molar-refractivity contribution in [3.63, 3.8) is 0 Å². The van der Waals surface area contributed by atoms with E-state index in [0.717, 1.165) is 0 Å². The van der Waals surface area contributed by atoms with Gasteiger partial charge in [0.2, 0.25) is 0 Å². The van der Waals surface area contributed by atoms with Crippen LogP contribution in [0.3, 0.4) is 0 Å². The average Bonchev–Trinajstić information content (AvgIpc) is 2.24. The van der Waals surface area contributed by atoms with E-state index < -0.39 is 19.1 Å². The lowest BCUT2D eigenvalue weighted by molar-refractivity contribution is -0.00954. The topological polar surface area (TPSA) is 46.0 Å². The molecule has 0 aliphatic rings. The van der Waals surface area contributed by atoms with Crippen LogP contribution in [-0.2, 0) is 5.60 Å². The first-order valence-corrected chi connectivity index (χ1v) is 9.58. The van der Waals surface area contributed by atoms with E-state index in [9.17, 15) is 5.11 Å². The molecule has 1 aromatic heterocycles. The summed E-state index contributed by atoms with van der Waals surface area (Å²) in [6, 6.07) is 0. The molecular formula is C14H22N2OSi. The average molecular weight is 262 g/mol. The fourth-order valence-electron chi connectivity index (χ4n) is 1.46. The predicted octanol–water partition coefficient (Wildman–Crippen LogP) is 2.59. The normalized spacial score (nSPS) is 15.5.